The van der Waals surface area contributed by atoms with Crippen LogP contribution in [0.3, 0.4) is 0 Å². The Morgan fingerprint density at radius 2 is 2.00 bits per heavy atom. The number of hydrogen-bond acceptors (Lipinski definition) is 3. The van der Waals surface area contributed by atoms with Crippen molar-refractivity contribution < 1.29 is 14.3 Å². The standard InChI is InChI=1S/C11H19NO3/c1-3-12(8-10(13)15-4-2)11(14)9-6-5-7-9/h9H,3-8H2,1-2H3. The molecule has 86 valence electrons. The Labute approximate surface area is 90.6 Å². The third kappa shape index (κ3) is 3.22. The Hall–Kier alpha value is -1.06. The van der Waals surface area contributed by atoms with Crippen molar-refractivity contribution in [2.75, 3.05) is 19.7 Å². The van der Waals surface area contributed by atoms with E-state index >= 15 is 0 Å². The Bertz CT molecular complexity index is 236. The number of ether oxygens (including phenoxy) is 1. The first-order valence-electron chi connectivity index (χ1n) is 5.63. The Kier molecular flexibility index (Phi) is 4.59. The number of carbonyl (C=O) groups is 2. The summed E-state index contributed by atoms with van der Waals surface area (Å²) in [6, 6.07) is 0. The molecule has 1 saturated carbocycles. The molecule has 0 atom stereocenters. The van der Waals surface area contributed by atoms with E-state index in [0.29, 0.717) is 13.2 Å². The molecular formula is C11H19NO3. The topological polar surface area (TPSA) is 46.6 Å². The van der Waals surface area contributed by atoms with Gasteiger partial charge in [0.1, 0.15) is 6.54 Å². The summed E-state index contributed by atoms with van der Waals surface area (Å²) in [5, 5.41) is 0. The molecule has 0 unspecified atom stereocenters. The average molecular weight is 213 g/mol. The van der Waals surface area contributed by atoms with Gasteiger partial charge in [-0.15, -0.1) is 0 Å². The average Bonchev–Trinajstić information content (AvgIpc) is 2.11. The van der Waals surface area contributed by atoms with Crippen molar-refractivity contribution in [1.29, 1.82) is 0 Å². The third-order valence-corrected chi connectivity index (χ3v) is 2.77. The van der Waals surface area contributed by atoms with E-state index in [1.54, 1.807) is 11.8 Å². The fraction of sp³-hybridized carbons (Fsp3) is 0.818. The molecule has 0 aromatic rings. The lowest BCUT2D eigenvalue weighted by atomic mass is 9.84. The van der Waals surface area contributed by atoms with Gasteiger partial charge in [0.15, 0.2) is 0 Å². The van der Waals surface area contributed by atoms with E-state index in [4.69, 9.17) is 4.74 Å². The maximum Gasteiger partial charge on any atom is 0.325 e. The minimum absolute atomic E-state index is 0.0969. The molecule has 0 heterocycles. The Morgan fingerprint density at radius 3 is 2.40 bits per heavy atom. The van der Waals surface area contributed by atoms with Crippen molar-refractivity contribution in [2.45, 2.75) is 33.1 Å². The van der Waals surface area contributed by atoms with Gasteiger partial charge in [0.05, 0.1) is 6.61 Å². The number of carbonyl (C=O) groups excluding carboxylic acids is 2. The second kappa shape index (κ2) is 5.73. The van der Waals surface area contributed by atoms with E-state index in [0.717, 1.165) is 19.3 Å². The van der Waals surface area contributed by atoms with Crippen LogP contribution in [0.25, 0.3) is 0 Å². The Morgan fingerprint density at radius 1 is 1.33 bits per heavy atom. The second-order valence-electron chi connectivity index (χ2n) is 3.79. The molecule has 0 aromatic carbocycles. The molecule has 1 amide bonds. The summed E-state index contributed by atoms with van der Waals surface area (Å²) >= 11 is 0. The zero-order valence-corrected chi connectivity index (χ0v) is 9.49. The zero-order valence-electron chi connectivity index (χ0n) is 9.49. The summed E-state index contributed by atoms with van der Waals surface area (Å²) < 4.78 is 4.82. The molecule has 4 heteroatoms. The molecule has 0 radical (unpaired) electrons. The van der Waals surface area contributed by atoms with Crippen LogP contribution in [0.1, 0.15) is 33.1 Å². The van der Waals surface area contributed by atoms with E-state index in [1.807, 2.05) is 6.92 Å². The maximum absolute atomic E-state index is 11.8. The highest BCUT2D eigenvalue weighted by atomic mass is 16.5. The van der Waals surface area contributed by atoms with E-state index in [-0.39, 0.29) is 24.3 Å². The molecule has 0 aliphatic heterocycles. The fourth-order valence-electron chi connectivity index (χ4n) is 1.62. The van der Waals surface area contributed by atoms with Crippen LogP contribution in [0.15, 0.2) is 0 Å². The molecule has 1 aliphatic carbocycles. The summed E-state index contributed by atoms with van der Waals surface area (Å²) in [6.45, 7) is 4.69. The largest absolute Gasteiger partial charge is 0.465 e. The quantitative estimate of drug-likeness (QED) is 0.645. The number of nitrogens with zero attached hydrogens (tertiary/aromatic N) is 1. The number of hydrogen-bond donors (Lipinski definition) is 0. The van der Waals surface area contributed by atoms with Gasteiger partial charge in [-0.05, 0) is 26.7 Å². The third-order valence-electron chi connectivity index (χ3n) is 2.77. The van der Waals surface area contributed by atoms with Crippen molar-refractivity contribution >= 4 is 11.9 Å². The zero-order chi connectivity index (χ0) is 11.3. The highest BCUT2D eigenvalue weighted by Crippen LogP contribution is 2.28. The second-order valence-corrected chi connectivity index (χ2v) is 3.79. The highest BCUT2D eigenvalue weighted by molar-refractivity contribution is 5.84. The predicted molar refractivity (Wildman–Crippen MR) is 56.2 cm³/mol. The van der Waals surface area contributed by atoms with Crippen LogP contribution in [0.2, 0.25) is 0 Å². The van der Waals surface area contributed by atoms with E-state index < -0.39 is 0 Å². The number of amides is 1. The molecular weight excluding hydrogens is 194 g/mol. The first kappa shape index (κ1) is 12.0. The van der Waals surface area contributed by atoms with Gasteiger partial charge < -0.3 is 9.64 Å². The van der Waals surface area contributed by atoms with Crippen molar-refractivity contribution in [1.82, 2.24) is 4.90 Å². The van der Waals surface area contributed by atoms with Crippen LogP contribution in [0.4, 0.5) is 0 Å². The van der Waals surface area contributed by atoms with E-state index in [1.165, 1.54) is 0 Å². The molecule has 1 fully saturated rings. The molecule has 0 aromatic heterocycles. The normalized spacial score (nSPS) is 15.6. The maximum atomic E-state index is 11.8. The molecule has 15 heavy (non-hydrogen) atoms. The van der Waals surface area contributed by atoms with Gasteiger partial charge in [-0.2, -0.15) is 0 Å². The molecule has 0 N–H and O–H groups in total. The lowest BCUT2D eigenvalue weighted by molar-refractivity contribution is -0.151. The smallest absolute Gasteiger partial charge is 0.325 e. The SMILES string of the molecule is CCOC(=O)CN(CC)C(=O)C1CCC1. The summed E-state index contributed by atoms with van der Waals surface area (Å²) in [5.74, 6) is -0.0526. The summed E-state index contributed by atoms with van der Waals surface area (Å²) in [7, 11) is 0. The lowest BCUT2D eigenvalue weighted by Gasteiger charge is -2.30. The first-order valence-corrected chi connectivity index (χ1v) is 5.63. The number of esters is 1. The Balaban J connectivity index is 2.40. The van der Waals surface area contributed by atoms with Crippen molar-refractivity contribution in [3.05, 3.63) is 0 Å². The first-order chi connectivity index (χ1) is 7.19. The number of likely N-dealkylation sites (N-methyl/N-ethyl adjacent to an activating group) is 1. The predicted octanol–water partition coefficient (Wildman–Crippen LogP) is 1.20. The van der Waals surface area contributed by atoms with Gasteiger partial charge in [-0.3, -0.25) is 9.59 Å². The van der Waals surface area contributed by atoms with Crippen molar-refractivity contribution in [3.8, 4) is 0 Å². The van der Waals surface area contributed by atoms with Crippen LogP contribution >= 0.6 is 0 Å². The molecule has 1 rings (SSSR count). The monoisotopic (exact) mass is 213 g/mol. The van der Waals surface area contributed by atoms with Crippen LogP contribution in [-0.4, -0.2) is 36.5 Å². The van der Waals surface area contributed by atoms with Gasteiger partial charge in [-0.1, -0.05) is 6.42 Å². The minimum atomic E-state index is -0.313. The van der Waals surface area contributed by atoms with Gasteiger partial charge in [0.25, 0.3) is 0 Å². The van der Waals surface area contributed by atoms with Crippen LogP contribution in [0.5, 0.6) is 0 Å². The van der Waals surface area contributed by atoms with E-state index in [2.05, 4.69) is 0 Å². The van der Waals surface area contributed by atoms with E-state index in [9.17, 15) is 9.59 Å². The van der Waals surface area contributed by atoms with Crippen LogP contribution in [0, 0.1) is 5.92 Å². The molecule has 1 aliphatic rings. The molecule has 0 saturated heterocycles. The van der Waals surface area contributed by atoms with Gasteiger partial charge >= 0.3 is 5.97 Å². The van der Waals surface area contributed by atoms with Crippen LogP contribution < -0.4 is 0 Å². The molecule has 0 spiro atoms. The summed E-state index contributed by atoms with van der Waals surface area (Å²) in [5.41, 5.74) is 0. The summed E-state index contributed by atoms with van der Waals surface area (Å²) in [4.78, 5) is 24.6. The highest BCUT2D eigenvalue weighted by Gasteiger charge is 2.29. The van der Waals surface area contributed by atoms with Gasteiger partial charge in [-0.25, -0.2) is 0 Å². The van der Waals surface area contributed by atoms with Gasteiger partial charge in [0, 0.05) is 12.5 Å². The van der Waals surface area contributed by atoms with Gasteiger partial charge in [0.2, 0.25) is 5.91 Å². The van der Waals surface area contributed by atoms with Crippen molar-refractivity contribution in [2.24, 2.45) is 5.92 Å². The lowest BCUT2D eigenvalue weighted by Crippen LogP contribution is -2.42. The number of rotatable bonds is 5. The molecule has 0 bridgehead atoms. The minimum Gasteiger partial charge on any atom is -0.465 e. The fourth-order valence-corrected chi connectivity index (χ4v) is 1.62. The summed E-state index contributed by atoms with van der Waals surface area (Å²) in [6.07, 6.45) is 3.07. The van der Waals surface area contributed by atoms with Crippen LogP contribution in [-0.2, 0) is 14.3 Å². The van der Waals surface area contributed by atoms with Crippen molar-refractivity contribution in [3.63, 3.8) is 0 Å². The molecule has 4 nitrogen and oxygen atoms in total.